The number of furan rings is 1. The van der Waals surface area contributed by atoms with Crippen molar-refractivity contribution in [2.75, 3.05) is 31.6 Å². The largest absolute Gasteiger partial charge is 0.497 e. The number of hydrogen-bond acceptors (Lipinski definition) is 8. The summed E-state index contributed by atoms with van der Waals surface area (Å²) in [7, 11) is 1.66. The first kappa shape index (κ1) is 26.9. The summed E-state index contributed by atoms with van der Waals surface area (Å²) in [5, 5.41) is 4.04. The fraction of sp³-hybridized carbons (Fsp3) is 0.367. The van der Waals surface area contributed by atoms with Gasteiger partial charge in [-0.3, -0.25) is 9.69 Å². The van der Waals surface area contributed by atoms with Crippen molar-refractivity contribution >= 4 is 22.6 Å². The van der Waals surface area contributed by atoms with Crippen LogP contribution in [0.5, 0.6) is 5.75 Å². The fourth-order valence-corrected chi connectivity index (χ4v) is 5.57. The third-order valence-corrected chi connectivity index (χ3v) is 7.78. The molecule has 5 rings (SSSR count). The molecule has 1 amide bonds. The number of carbonyl (C=O) groups excluding carboxylic acids is 1. The second kappa shape index (κ2) is 13.4. The molecule has 1 fully saturated rings. The molecule has 0 bridgehead atoms. The molecule has 0 unspecified atom stereocenters. The van der Waals surface area contributed by atoms with Crippen LogP contribution in [0.3, 0.4) is 0 Å². The first-order valence-corrected chi connectivity index (χ1v) is 14.2. The van der Waals surface area contributed by atoms with Gasteiger partial charge in [0.25, 0.3) is 0 Å². The van der Waals surface area contributed by atoms with Crippen molar-refractivity contribution < 1.29 is 13.9 Å². The van der Waals surface area contributed by atoms with Gasteiger partial charge >= 0.3 is 0 Å². The predicted molar refractivity (Wildman–Crippen MR) is 153 cm³/mol. The molecule has 2 aromatic heterocycles. The highest BCUT2D eigenvalue weighted by Crippen LogP contribution is 2.23. The Balaban J connectivity index is 1.14. The summed E-state index contributed by atoms with van der Waals surface area (Å²) in [6, 6.07) is 22.5. The van der Waals surface area contributed by atoms with Crippen LogP contribution in [0.15, 0.2) is 77.4 Å². The summed E-state index contributed by atoms with van der Waals surface area (Å²) >= 11 is 1.35. The molecule has 0 aliphatic carbocycles. The third kappa shape index (κ3) is 7.91. The van der Waals surface area contributed by atoms with Crippen LogP contribution in [0.25, 0.3) is 0 Å². The molecule has 1 aliphatic rings. The number of likely N-dealkylation sites (tertiary alicyclic amines) is 1. The zero-order valence-corrected chi connectivity index (χ0v) is 23.1. The lowest BCUT2D eigenvalue weighted by atomic mass is 10.0. The highest BCUT2D eigenvalue weighted by atomic mass is 32.1. The minimum Gasteiger partial charge on any atom is -0.497 e. The Kier molecular flexibility index (Phi) is 9.24. The Hall–Kier alpha value is -3.69. The molecule has 1 N–H and O–H groups in total. The van der Waals surface area contributed by atoms with Gasteiger partial charge in [0.1, 0.15) is 17.3 Å². The van der Waals surface area contributed by atoms with Crippen molar-refractivity contribution in [3.63, 3.8) is 0 Å². The average Bonchev–Trinajstić information content (AvgIpc) is 3.65. The van der Waals surface area contributed by atoms with Gasteiger partial charge in [-0.25, -0.2) is 4.98 Å². The quantitative estimate of drug-likeness (QED) is 0.271. The van der Waals surface area contributed by atoms with Gasteiger partial charge in [0.2, 0.25) is 11.0 Å². The Morgan fingerprint density at radius 3 is 2.69 bits per heavy atom. The van der Waals surface area contributed by atoms with Gasteiger partial charge in [-0.15, -0.1) is 0 Å². The molecule has 3 heterocycles. The third-order valence-electron chi connectivity index (χ3n) is 6.96. The van der Waals surface area contributed by atoms with Crippen LogP contribution in [-0.2, 0) is 24.3 Å². The number of rotatable bonds is 12. The van der Waals surface area contributed by atoms with E-state index in [9.17, 15) is 4.79 Å². The molecule has 4 aromatic rings. The van der Waals surface area contributed by atoms with Crippen molar-refractivity contribution in [1.29, 1.82) is 0 Å². The van der Waals surface area contributed by atoms with Crippen LogP contribution in [0.1, 0.15) is 42.0 Å². The topological polar surface area (TPSA) is 83.7 Å². The molecule has 0 saturated carbocycles. The van der Waals surface area contributed by atoms with Crippen LogP contribution in [0, 0.1) is 0 Å². The number of amides is 1. The van der Waals surface area contributed by atoms with E-state index in [-0.39, 0.29) is 11.9 Å². The second-order valence-electron chi connectivity index (χ2n) is 9.88. The minimum absolute atomic E-state index is 0.0714. The van der Waals surface area contributed by atoms with Gasteiger partial charge in [0.05, 0.1) is 19.9 Å². The maximum absolute atomic E-state index is 12.9. The van der Waals surface area contributed by atoms with Crippen molar-refractivity contribution in [2.45, 2.75) is 44.8 Å². The molecular weight excluding hydrogens is 510 g/mol. The standard InChI is InChI=1S/C30H35N5O3S/c1-37-26-10-5-9-24(19-26)20-28-32-30(39-33-28)35(22-27-11-6-18-38-27)17-14-29(36)31-25-12-15-34(16-13-25)21-23-7-3-2-4-8-23/h2-11,18-19,25H,12-17,20-22H2,1H3,(H,31,36). The summed E-state index contributed by atoms with van der Waals surface area (Å²) < 4.78 is 15.5. The van der Waals surface area contributed by atoms with Crippen molar-refractivity contribution in [1.82, 2.24) is 19.6 Å². The first-order valence-electron chi connectivity index (χ1n) is 13.4. The van der Waals surface area contributed by atoms with Crippen LogP contribution in [0.4, 0.5) is 5.13 Å². The summed E-state index contributed by atoms with van der Waals surface area (Å²) in [5.41, 5.74) is 2.42. The normalized spacial score (nSPS) is 14.3. The van der Waals surface area contributed by atoms with Crippen LogP contribution < -0.4 is 15.0 Å². The second-order valence-corrected chi connectivity index (χ2v) is 10.6. The van der Waals surface area contributed by atoms with Crippen molar-refractivity contribution in [3.8, 4) is 5.75 Å². The number of piperidine rings is 1. The number of benzene rings is 2. The first-order chi connectivity index (χ1) is 19.1. The molecule has 0 radical (unpaired) electrons. The number of methoxy groups -OCH3 is 1. The molecule has 204 valence electrons. The molecule has 39 heavy (non-hydrogen) atoms. The number of ether oxygens (including phenoxy) is 1. The lowest BCUT2D eigenvalue weighted by molar-refractivity contribution is -0.121. The fourth-order valence-electron chi connectivity index (χ4n) is 4.86. The molecule has 0 atom stereocenters. The number of anilines is 1. The van der Waals surface area contributed by atoms with E-state index in [1.165, 1.54) is 17.1 Å². The Morgan fingerprint density at radius 2 is 1.92 bits per heavy atom. The molecule has 9 heteroatoms. The number of nitrogens with zero attached hydrogens (tertiary/aromatic N) is 4. The van der Waals surface area contributed by atoms with Crippen LogP contribution >= 0.6 is 11.5 Å². The number of carbonyl (C=O) groups is 1. The molecule has 2 aromatic carbocycles. The van der Waals surface area contributed by atoms with Gasteiger partial charge in [-0.2, -0.15) is 4.37 Å². The molecule has 8 nitrogen and oxygen atoms in total. The van der Waals surface area contributed by atoms with E-state index < -0.39 is 0 Å². The van der Waals surface area contributed by atoms with Crippen LogP contribution in [-0.4, -0.2) is 53.0 Å². The van der Waals surface area contributed by atoms with E-state index in [1.54, 1.807) is 13.4 Å². The monoisotopic (exact) mass is 545 g/mol. The zero-order chi connectivity index (χ0) is 26.9. The van der Waals surface area contributed by atoms with Crippen molar-refractivity contribution in [3.05, 3.63) is 95.7 Å². The van der Waals surface area contributed by atoms with E-state index >= 15 is 0 Å². The van der Waals surface area contributed by atoms with E-state index in [0.29, 0.717) is 25.9 Å². The average molecular weight is 546 g/mol. The SMILES string of the molecule is COc1cccc(Cc2nsc(N(CCC(=O)NC3CCN(Cc4ccccc4)CC3)Cc3ccco3)n2)c1. The Morgan fingerprint density at radius 1 is 1.10 bits per heavy atom. The lowest BCUT2D eigenvalue weighted by Gasteiger charge is -2.32. The van der Waals surface area contributed by atoms with Gasteiger partial charge in [0, 0.05) is 56.6 Å². The summed E-state index contributed by atoms with van der Waals surface area (Å²) in [6.45, 7) is 4.01. The number of aromatic nitrogens is 2. The van der Waals surface area contributed by atoms with E-state index in [2.05, 4.69) is 43.8 Å². The van der Waals surface area contributed by atoms with Gasteiger partial charge in [-0.1, -0.05) is 42.5 Å². The molecule has 1 saturated heterocycles. The Bertz CT molecular complexity index is 1300. The highest BCUT2D eigenvalue weighted by Gasteiger charge is 2.22. The predicted octanol–water partition coefficient (Wildman–Crippen LogP) is 4.91. The van der Waals surface area contributed by atoms with E-state index in [4.69, 9.17) is 14.1 Å². The molecular formula is C30H35N5O3S. The summed E-state index contributed by atoms with van der Waals surface area (Å²) in [5.74, 6) is 2.46. The maximum Gasteiger partial charge on any atom is 0.221 e. The van der Waals surface area contributed by atoms with E-state index in [0.717, 1.165) is 60.5 Å². The summed E-state index contributed by atoms with van der Waals surface area (Å²) in [6.07, 6.45) is 4.61. The minimum atomic E-state index is 0.0714. The number of nitrogens with one attached hydrogen (secondary N) is 1. The zero-order valence-electron chi connectivity index (χ0n) is 22.3. The lowest BCUT2D eigenvalue weighted by Crippen LogP contribution is -2.45. The van der Waals surface area contributed by atoms with Gasteiger partial charge in [-0.05, 0) is 48.2 Å². The highest BCUT2D eigenvalue weighted by molar-refractivity contribution is 7.09. The van der Waals surface area contributed by atoms with Gasteiger partial charge < -0.3 is 19.4 Å². The molecule has 0 spiro atoms. The Labute approximate surface area is 233 Å². The van der Waals surface area contributed by atoms with Gasteiger partial charge in [0.15, 0.2) is 0 Å². The number of hydrogen-bond donors (Lipinski definition) is 1. The van der Waals surface area contributed by atoms with Crippen LogP contribution in [0.2, 0.25) is 0 Å². The smallest absolute Gasteiger partial charge is 0.221 e. The van der Waals surface area contributed by atoms with Crippen molar-refractivity contribution in [2.24, 2.45) is 0 Å². The maximum atomic E-state index is 12.9. The van der Waals surface area contributed by atoms with E-state index in [1.807, 2.05) is 42.5 Å². The molecule has 1 aliphatic heterocycles. The summed E-state index contributed by atoms with van der Waals surface area (Å²) in [4.78, 5) is 22.2.